The molecule has 1 aromatic carbocycles. The van der Waals surface area contributed by atoms with Gasteiger partial charge in [0.05, 0.1) is 24.7 Å². The van der Waals surface area contributed by atoms with Crippen LogP contribution < -0.4 is 4.74 Å². The van der Waals surface area contributed by atoms with Crippen LogP contribution in [0.25, 0.3) is 0 Å². The smallest absolute Gasteiger partial charge is 0.344 e. The molecule has 2 bridgehead atoms. The minimum Gasteiger partial charge on any atom is -0.482 e. The molecule has 1 heterocycles. The molecule has 2 amide bonds. The fourth-order valence-electron chi connectivity index (χ4n) is 4.12. The molecule has 0 spiro atoms. The molecule has 3 aliphatic rings. The highest BCUT2D eigenvalue weighted by Gasteiger charge is 2.59. The Morgan fingerprint density at radius 3 is 2.37 bits per heavy atom. The number of nitrogens with zero attached hydrogens (tertiary/aromatic N) is 2. The van der Waals surface area contributed by atoms with Crippen LogP contribution in [-0.4, -0.2) is 42.2 Å². The second-order valence-electron chi connectivity index (χ2n) is 6.90. The van der Waals surface area contributed by atoms with E-state index in [1.807, 2.05) is 0 Å². The minimum absolute atomic E-state index is 0.156. The van der Waals surface area contributed by atoms with Crippen molar-refractivity contribution in [2.45, 2.75) is 13.3 Å². The van der Waals surface area contributed by atoms with Gasteiger partial charge in [0.2, 0.25) is 0 Å². The normalized spacial score (nSPS) is 28.3. The standard InChI is InChI=1S/C20H20N2O5/c1-2-26-16(23)11-27-15-7-3-12(4-8-15)10-21-22-19(24)17-13-5-6-14(9-13)18(17)20(22)25/h3-8,10,13-14,17-18H,2,9,11H2,1H3/b21-10-/t13-,14-,17+,18+/m0/s1. The number of fused-ring (bicyclic) bond motifs is 5. The first-order chi connectivity index (χ1) is 13.1. The molecule has 1 saturated heterocycles. The number of hydrogen-bond donors (Lipinski definition) is 0. The molecule has 1 aromatic rings. The molecule has 0 radical (unpaired) electrons. The van der Waals surface area contributed by atoms with Crippen LogP contribution in [0, 0.1) is 23.7 Å². The van der Waals surface area contributed by atoms with E-state index in [-0.39, 0.29) is 42.1 Å². The summed E-state index contributed by atoms with van der Waals surface area (Å²) in [6, 6.07) is 6.85. The van der Waals surface area contributed by atoms with E-state index in [0.29, 0.717) is 12.4 Å². The van der Waals surface area contributed by atoms with Crippen molar-refractivity contribution in [3.8, 4) is 5.75 Å². The van der Waals surface area contributed by atoms with Crippen molar-refractivity contribution in [1.82, 2.24) is 5.01 Å². The molecule has 4 atom stereocenters. The number of hydrogen-bond acceptors (Lipinski definition) is 6. The number of carbonyl (C=O) groups is 3. The number of imide groups is 1. The van der Waals surface area contributed by atoms with Crippen molar-refractivity contribution in [2.24, 2.45) is 28.8 Å². The fourth-order valence-corrected chi connectivity index (χ4v) is 4.12. The number of benzene rings is 1. The third-order valence-corrected chi connectivity index (χ3v) is 5.31. The lowest BCUT2D eigenvalue weighted by atomic mass is 9.85. The van der Waals surface area contributed by atoms with Gasteiger partial charge < -0.3 is 9.47 Å². The largest absolute Gasteiger partial charge is 0.482 e. The number of ether oxygens (including phenoxy) is 2. The van der Waals surface area contributed by atoms with Crippen LogP contribution in [0.2, 0.25) is 0 Å². The number of esters is 1. The fraction of sp³-hybridized carbons (Fsp3) is 0.400. The van der Waals surface area contributed by atoms with Gasteiger partial charge in [0, 0.05) is 0 Å². The lowest BCUT2D eigenvalue weighted by Crippen LogP contribution is -2.28. The van der Waals surface area contributed by atoms with Crippen molar-refractivity contribution < 1.29 is 23.9 Å². The van der Waals surface area contributed by atoms with Crippen molar-refractivity contribution in [3.63, 3.8) is 0 Å². The highest BCUT2D eigenvalue weighted by Crippen LogP contribution is 2.52. The van der Waals surface area contributed by atoms with Crippen LogP contribution in [0.1, 0.15) is 18.9 Å². The maximum absolute atomic E-state index is 12.6. The number of rotatable bonds is 6. The van der Waals surface area contributed by atoms with Crippen molar-refractivity contribution >= 4 is 24.0 Å². The second-order valence-corrected chi connectivity index (χ2v) is 6.90. The summed E-state index contributed by atoms with van der Waals surface area (Å²) in [5, 5.41) is 5.15. The maximum Gasteiger partial charge on any atom is 0.344 e. The molecular formula is C20H20N2O5. The third-order valence-electron chi connectivity index (χ3n) is 5.31. The summed E-state index contributed by atoms with van der Waals surface area (Å²) in [6.07, 6.45) is 6.50. The first-order valence-electron chi connectivity index (χ1n) is 9.07. The van der Waals surface area contributed by atoms with Crippen LogP contribution in [0.3, 0.4) is 0 Å². The summed E-state index contributed by atoms with van der Waals surface area (Å²) >= 11 is 0. The van der Waals surface area contributed by atoms with Crippen LogP contribution in [0.5, 0.6) is 5.75 Å². The lowest BCUT2D eigenvalue weighted by molar-refractivity contribution is -0.145. The van der Waals surface area contributed by atoms with E-state index in [0.717, 1.165) is 17.0 Å². The predicted octanol–water partition coefficient (Wildman–Crippen LogP) is 1.77. The van der Waals surface area contributed by atoms with Crippen molar-refractivity contribution in [1.29, 1.82) is 0 Å². The SMILES string of the molecule is CCOC(=O)COc1ccc(/C=N\N2C(=O)[C@H]3[C@H](C2=O)[C@H]2C=C[C@H]3C2)cc1. The monoisotopic (exact) mass is 368 g/mol. The zero-order valence-corrected chi connectivity index (χ0v) is 14.9. The molecule has 0 unspecified atom stereocenters. The van der Waals surface area contributed by atoms with Gasteiger partial charge in [-0.05, 0) is 55.0 Å². The molecule has 27 heavy (non-hydrogen) atoms. The Kier molecular flexibility index (Phi) is 4.51. The van der Waals surface area contributed by atoms with E-state index in [2.05, 4.69) is 17.3 Å². The van der Waals surface area contributed by atoms with E-state index in [9.17, 15) is 14.4 Å². The highest BCUT2D eigenvalue weighted by molar-refractivity contribution is 6.06. The summed E-state index contributed by atoms with van der Waals surface area (Å²) in [5.41, 5.74) is 0.720. The Hall–Kier alpha value is -2.96. The zero-order chi connectivity index (χ0) is 19.0. The first kappa shape index (κ1) is 17.5. The quantitative estimate of drug-likeness (QED) is 0.331. The molecule has 140 valence electrons. The third kappa shape index (κ3) is 3.13. The van der Waals surface area contributed by atoms with Crippen LogP contribution in [0.15, 0.2) is 41.5 Å². The van der Waals surface area contributed by atoms with Gasteiger partial charge in [-0.2, -0.15) is 10.1 Å². The topological polar surface area (TPSA) is 85.3 Å². The molecule has 7 heteroatoms. The van der Waals surface area contributed by atoms with Gasteiger partial charge in [-0.15, -0.1) is 0 Å². The highest BCUT2D eigenvalue weighted by atomic mass is 16.6. The molecular weight excluding hydrogens is 348 g/mol. The molecule has 1 saturated carbocycles. The Morgan fingerprint density at radius 1 is 1.15 bits per heavy atom. The molecule has 4 rings (SSSR count). The average Bonchev–Trinajstić information content (AvgIpc) is 3.34. The van der Waals surface area contributed by atoms with Gasteiger partial charge >= 0.3 is 5.97 Å². The first-order valence-corrected chi connectivity index (χ1v) is 9.07. The zero-order valence-electron chi connectivity index (χ0n) is 14.9. The number of carbonyl (C=O) groups excluding carboxylic acids is 3. The average molecular weight is 368 g/mol. The Bertz CT molecular complexity index is 799. The lowest BCUT2D eigenvalue weighted by Gasteiger charge is -2.13. The Labute approximate surface area is 156 Å². The molecule has 2 aliphatic carbocycles. The minimum atomic E-state index is -0.428. The second kappa shape index (κ2) is 6.98. The van der Waals surface area contributed by atoms with E-state index >= 15 is 0 Å². The van der Waals surface area contributed by atoms with E-state index in [4.69, 9.17) is 9.47 Å². The van der Waals surface area contributed by atoms with Crippen molar-refractivity contribution in [2.75, 3.05) is 13.2 Å². The number of allylic oxidation sites excluding steroid dienone is 2. The van der Waals surface area contributed by atoms with E-state index in [1.54, 1.807) is 31.2 Å². The summed E-state index contributed by atoms with van der Waals surface area (Å²) < 4.78 is 10.1. The van der Waals surface area contributed by atoms with Crippen molar-refractivity contribution in [3.05, 3.63) is 42.0 Å². The van der Waals surface area contributed by atoms with E-state index < -0.39 is 5.97 Å². The van der Waals surface area contributed by atoms with Gasteiger partial charge in [0.1, 0.15) is 5.75 Å². The maximum atomic E-state index is 12.6. The summed E-state index contributed by atoms with van der Waals surface area (Å²) in [7, 11) is 0. The van der Waals surface area contributed by atoms with Gasteiger partial charge in [-0.1, -0.05) is 12.2 Å². The molecule has 7 nitrogen and oxygen atoms in total. The van der Waals surface area contributed by atoms with Crippen LogP contribution in [-0.2, 0) is 19.1 Å². The van der Waals surface area contributed by atoms with Crippen LogP contribution in [0.4, 0.5) is 0 Å². The molecule has 0 N–H and O–H groups in total. The number of hydrazone groups is 1. The van der Waals surface area contributed by atoms with Crippen LogP contribution >= 0.6 is 0 Å². The number of amides is 2. The van der Waals surface area contributed by atoms with Gasteiger partial charge in [-0.25, -0.2) is 4.79 Å². The van der Waals surface area contributed by atoms with Gasteiger partial charge in [0.25, 0.3) is 11.8 Å². The summed E-state index contributed by atoms with van der Waals surface area (Å²) in [6.45, 7) is 1.89. The predicted molar refractivity (Wildman–Crippen MR) is 95.7 cm³/mol. The molecule has 0 aromatic heterocycles. The van der Waals surface area contributed by atoms with Gasteiger partial charge in [0.15, 0.2) is 6.61 Å². The summed E-state index contributed by atoms with van der Waals surface area (Å²) in [4.78, 5) is 36.4. The van der Waals surface area contributed by atoms with Gasteiger partial charge in [-0.3, -0.25) is 9.59 Å². The van der Waals surface area contributed by atoms with E-state index in [1.165, 1.54) is 6.21 Å². The Morgan fingerprint density at radius 2 is 1.78 bits per heavy atom. The Balaban J connectivity index is 1.38. The molecule has 1 aliphatic heterocycles. The molecule has 2 fully saturated rings. The summed E-state index contributed by atoms with van der Waals surface area (Å²) in [5.74, 6) is -0.458.